The van der Waals surface area contributed by atoms with Crippen LogP contribution in [0.3, 0.4) is 0 Å². The number of ether oxygens (including phenoxy) is 3. The monoisotopic (exact) mass is 350 g/mol. The number of hydrogen-bond donors (Lipinski definition) is 1. The molecule has 0 saturated heterocycles. The van der Waals surface area contributed by atoms with Gasteiger partial charge in [0, 0.05) is 6.42 Å². The van der Waals surface area contributed by atoms with Crippen LogP contribution >= 0.6 is 0 Å². The number of nitrogens with zero attached hydrogens (tertiary/aromatic N) is 1. The van der Waals surface area contributed by atoms with Gasteiger partial charge in [0.05, 0.1) is 7.11 Å². The highest BCUT2D eigenvalue weighted by Gasteiger charge is 2.20. The van der Waals surface area contributed by atoms with Crippen LogP contribution in [0.15, 0.2) is 53.2 Å². The minimum atomic E-state index is -0.205. The quantitative estimate of drug-likeness (QED) is 0.861. The van der Waals surface area contributed by atoms with Crippen LogP contribution in [-0.2, 0) is 11.2 Å². The minimum Gasteiger partial charge on any atom is -0.497 e. The first-order valence-electron chi connectivity index (χ1n) is 8.34. The zero-order chi connectivity index (χ0) is 17.9. The average molecular weight is 350 g/mol. The van der Waals surface area contributed by atoms with E-state index in [2.05, 4.69) is 10.3 Å². The minimum absolute atomic E-state index is 0.205. The van der Waals surface area contributed by atoms with Crippen molar-refractivity contribution in [1.82, 2.24) is 5.32 Å². The van der Waals surface area contributed by atoms with Crippen molar-refractivity contribution in [2.75, 3.05) is 20.3 Å². The molecule has 2 heterocycles. The van der Waals surface area contributed by atoms with E-state index in [1.165, 1.54) is 0 Å². The molecule has 0 saturated carbocycles. The highest BCUT2D eigenvalue weighted by Crippen LogP contribution is 2.31. The third-order valence-electron chi connectivity index (χ3n) is 4.15. The zero-order valence-electron chi connectivity index (χ0n) is 14.3. The lowest BCUT2D eigenvalue weighted by molar-refractivity contribution is -0.115. The fraction of sp³-hybridized carbons (Fsp3) is 0.200. The Morgan fingerprint density at radius 2 is 1.88 bits per heavy atom. The summed E-state index contributed by atoms with van der Waals surface area (Å²) in [5.41, 5.74) is 2.27. The van der Waals surface area contributed by atoms with Gasteiger partial charge in [0.2, 0.25) is 0 Å². The van der Waals surface area contributed by atoms with Gasteiger partial charge in [-0.3, -0.25) is 4.79 Å². The Kier molecular flexibility index (Phi) is 4.31. The van der Waals surface area contributed by atoms with Crippen molar-refractivity contribution in [2.45, 2.75) is 6.42 Å². The van der Waals surface area contributed by atoms with Gasteiger partial charge in [-0.05, 0) is 41.5 Å². The van der Waals surface area contributed by atoms with Crippen molar-refractivity contribution in [3.05, 3.63) is 59.3 Å². The molecule has 4 rings (SSSR count). The number of amides is 1. The fourth-order valence-corrected chi connectivity index (χ4v) is 2.85. The Balaban J connectivity index is 1.52. The zero-order valence-corrected chi connectivity index (χ0v) is 14.3. The maximum Gasteiger partial charge on any atom is 0.275 e. The number of fused-ring (bicyclic) bond motifs is 1. The Bertz CT molecular complexity index is 901. The predicted octanol–water partition coefficient (Wildman–Crippen LogP) is 2.58. The number of nitrogens with one attached hydrogen (secondary N) is 1. The number of amidine groups is 1. The number of rotatable bonds is 4. The van der Waals surface area contributed by atoms with E-state index in [0.29, 0.717) is 36.9 Å². The second-order valence-corrected chi connectivity index (χ2v) is 5.97. The second-order valence-electron chi connectivity index (χ2n) is 5.97. The smallest absolute Gasteiger partial charge is 0.275 e. The van der Waals surface area contributed by atoms with E-state index in [4.69, 9.17) is 14.2 Å². The van der Waals surface area contributed by atoms with Gasteiger partial charge < -0.3 is 19.5 Å². The number of methoxy groups -OCH3 is 1. The first-order valence-corrected chi connectivity index (χ1v) is 8.34. The molecule has 2 aliphatic rings. The van der Waals surface area contributed by atoms with Crippen molar-refractivity contribution < 1.29 is 19.0 Å². The van der Waals surface area contributed by atoms with E-state index in [1.54, 1.807) is 13.2 Å². The van der Waals surface area contributed by atoms with Gasteiger partial charge in [-0.2, -0.15) is 0 Å². The molecule has 2 aromatic carbocycles. The van der Waals surface area contributed by atoms with Gasteiger partial charge in [0.15, 0.2) is 11.5 Å². The molecule has 0 fully saturated rings. The Morgan fingerprint density at radius 3 is 2.65 bits per heavy atom. The summed E-state index contributed by atoms with van der Waals surface area (Å²) in [5.74, 6) is 2.63. The Hall–Kier alpha value is -3.28. The van der Waals surface area contributed by atoms with E-state index in [1.807, 2.05) is 42.5 Å². The van der Waals surface area contributed by atoms with Crippen LogP contribution in [0.1, 0.15) is 11.1 Å². The molecule has 26 heavy (non-hydrogen) atoms. The molecule has 1 N–H and O–H groups in total. The van der Waals surface area contributed by atoms with Crippen LogP contribution in [-0.4, -0.2) is 32.1 Å². The summed E-state index contributed by atoms with van der Waals surface area (Å²) in [4.78, 5) is 16.6. The Labute approximate surface area is 151 Å². The molecule has 6 nitrogen and oxygen atoms in total. The Morgan fingerprint density at radius 1 is 1.12 bits per heavy atom. The highest BCUT2D eigenvalue weighted by atomic mass is 16.6. The van der Waals surface area contributed by atoms with Crippen molar-refractivity contribution in [1.29, 1.82) is 0 Å². The van der Waals surface area contributed by atoms with Crippen molar-refractivity contribution >= 4 is 17.8 Å². The third-order valence-corrected chi connectivity index (χ3v) is 4.15. The molecule has 132 valence electrons. The first-order chi connectivity index (χ1) is 12.7. The molecule has 0 bridgehead atoms. The standard InChI is InChI=1S/C20H18N2O4/c1-24-15-5-2-13(3-6-15)12-19-21-16(20(23)22-19)10-14-4-7-17-18(11-14)26-9-8-25-17/h2-7,10-11H,8-9,12H2,1H3,(H,21,22,23)/b16-10+. The highest BCUT2D eigenvalue weighted by molar-refractivity contribution is 6.14. The lowest BCUT2D eigenvalue weighted by atomic mass is 10.1. The lowest BCUT2D eigenvalue weighted by Crippen LogP contribution is -2.25. The lowest BCUT2D eigenvalue weighted by Gasteiger charge is -2.18. The van der Waals surface area contributed by atoms with Crippen molar-refractivity contribution in [3.63, 3.8) is 0 Å². The summed E-state index contributed by atoms with van der Waals surface area (Å²) in [5, 5.41) is 2.82. The molecule has 2 aliphatic heterocycles. The third kappa shape index (κ3) is 3.39. The summed E-state index contributed by atoms with van der Waals surface area (Å²) in [6.07, 6.45) is 2.29. The van der Waals surface area contributed by atoms with E-state index >= 15 is 0 Å². The van der Waals surface area contributed by atoms with Gasteiger partial charge in [-0.15, -0.1) is 0 Å². The molecule has 1 amide bonds. The molecule has 2 aromatic rings. The normalized spacial score (nSPS) is 17.0. The van der Waals surface area contributed by atoms with Gasteiger partial charge in [-0.1, -0.05) is 18.2 Å². The summed E-state index contributed by atoms with van der Waals surface area (Å²) < 4.78 is 16.2. The summed E-state index contributed by atoms with van der Waals surface area (Å²) in [6.45, 7) is 1.08. The van der Waals surface area contributed by atoms with Crippen molar-refractivity contribution in [2.24, 2.45) is 4.99 Å². The number of carbonyl (C=O) groups is 1. The van der Waals surface area contributed by atoms with E-state index < -0.39 is 0 Å². The predicted molar refractivity (Wildman–Crippen MR) is 97.7 cm³/mol. The molecule has 0 atom stereocenters. The second kappa shape index (κ2) is 6.92. The topological polar surface area (TPSA) is 69.1 Å². The summed E-state index contributed by atoms with van der Waals surface area (Å²) >= 11 is 0. The van der Waals surface area contributed by atoms with Gasteiger partial charge in [-0.25, -0.2) is 4.99 Å². The maximum absolute atomic E-state index is 12.2. The molecule has 0 radical (unpaired) electrons. The average Bonchev–Trinajstić information content (AvgIpc) is 3.01. The van der Waals surface area contributed by atoms with Crippen LogP contribution in [0, 0.1) is 0 Å². The number of aliphatic imine (C=N–C) groups is 1. The molecule has 0 aromatic heterocycles. The van der Waals surface area contributed by atoms with Crippen LogP contribution in [0.4, 0.5) is 0 Å². The first kappa shape index (κ1) is 16.2. The van der Waals surface area contributed by atoms with Gasteiger partial charge >= 0.3 is 0 Å². The van der Waals surface area contributed by atoms with Crippen LogP contribution in [0.5, 0.6) is 17.2 Å². The van der Waals surface area contributed by atoms with E-state index in [9.17, 15) is 4.79 Å². The molecular formula is C20H18N2O4. The fourth-order valence-electron chi connectivity index (χ4n) is 2.85. The molecule has 0 spiro atoms. The number of benzene rings is 2. The van der Waals surface area contributed by atoms with Crippen LogP contribution in [0.25, 0.3) is 6.08 Å². The van der Waals surface area contributed by atoms with E-state index in [-0.39, 0.29) is 5.91 Å². The van der Waals surface area contributed by atoms with Gasteiger partial charge in [0.1, 0.15) is 30.5 Å². The van der Waals surface area contributed by atoms with Crippen LogP contribution < -0.4 is 19.5 Å². The molecular weight excluding hydrogens is 332 g/mol. The number of hydrogen-bond acceptors (Lipinski definition) is 5. The van der Waals surface area contributed by atoms with Crippen molar-refractivity contribution in [3.8, 4) is 17.2 Å². The number of carbonyl (C=O) groups excluding carboxylic acids is 1. The summed E-state index contributed by atoms with van der Waals surface area (Å²) in [6, 6.07) is 13.3. The maximum atomic E-state index is 12.2. The SMILES string of the molecule is COc1ccc(CC2=N/C(=C/c3ccc4c(c3)OCCO4)C(=O)N2)cc1. The van der Waals surface area contributed by atoms with Gasteiger partial charge in [0.25, 0.3) is 5.91 Å². The van der Waals surface area contributed by atoms with E-state index in [0.717, 1.165) is 22.6 Å². The summed E-state index contributed by atoms with van der Waals surface area (Å²) in [7, 11) is 1.63. The largest absolute Gasteiger partial charge is 0.497 e. The molecule has 0 aliphatic carbocycles. The molecule has 0 unspecified atom stereocenters. The van der Waals surface area contributed by atoms with Crippen LogP contribution in [0.2, 0.25) is 0 Å². The molecule has 6 heteroatoms.